The van der Waals surface area contributed by atoms with Crippen molar-refractivity contribution in [3.63, 3.8) is 0 Å². The fourth-order valence-corrected chi connectivity index (χ4v) is 4.04. The molecule has 0 radical (unpaired) electrons. The van der Waals surface area contributed by atoms with Gasteiger partial charge in [-0.15, -0.1) is 0 Å². The van der Waals surface area contributed by atoms with Crippen LogP contribution in [0.5, 0.6) is 0 Å². The largest absolute Gasteiger partial charge is 0.373 e. The summed E-state index contributed by atoms with van der Waals surface area (Å²) in [6.07, 6.45) is 0.0496. The Morgan fingerprint density at radius 2 is 1.63 bits per heavy atom. The Kier molecular flexibility index (Phi) is 6.67. The predicted octanol–water partition coefficient (Wildman–Crippen LogP) is 4.62. The minimum atomic E-state index is 0.0496. The first-order valence-electron chi connectivity index (χ1n) is 10.7. The molecule has 0 spiro atoms. The maximum absolute atomic E-state index is 6.24. The molecule has 3 aromatic carbocycles. The maximum Gasteiger partial charge on any atom is 0.0953 e. The summed E-state index contributed by atoms with van der Waals surface area (Å²) >= 11 is 0. The van der Waals surface area contributed by atoms with Crippen LogP contribution >= 0.6 is 0 Å². The summed E-state index contributed by atoms with van der Waals surface area (Å²) < 4.78 is 6.24. The zero-order valence-electron chi connectivity index (χ0n) is 17.9. The molecule has 0 amide bonds. The van der Waals surface area contributed by atoms with Crippen LogP contribution in [-0.2, 0) is 17.9 Å². The number of nitrogens with one attached hydrogen (secondary N) is 1. The van der Waals surface area contributed by atoms with E-state index < -0.39 is 0 Å². The van der Waals surface area contributed by atoms with Crippen LogP contribution < -0.4 is 15.1 Å². The van der Waals surface area contributed by atoms with Gasteiger partial charge < -0.3 is 19.9 Å². The van der Waals surface area contributed by atoms with E-state index in [1.54, 1.807) is 0 Å². The lowest BCUT2D eigenvalue weighted by atomic mass is 10.1. The van der Waals surface area contributed by atoms with Crippen LogP contribution in [0.2, 0.25) is 0 Å². The molecular weight excluding hydrogens is 370 g/mol. The summed E-state index contributed by atoms with van der Waals surface area (Å²) in [6.45, 7) is 4.37. The molecule has 1 N–H and O–H groups in total. The summed E-state index contributed by atoms with van der Waals surface area (Å²) in [5.41, 5.74) is 6.38. The summed E-state index contributed by atoms with van der Waals surface area (Å²) in [6, 6.07) is 27.9. The van der Waals surface area contributed by atoms with Gasteiger partial charge in [-0.25, -0.2) is 0 Å². The number of nitrogens with zero attached hydrogens (tertiary/aromatic N) is 2. The monoisotopic (exact) mass is 401 g/mol. The zero-order valence-corrected chi connectivity index (χ0v) is 17.9. The van der Waals surface area contributed by atoms with Crippen molar-refractivity contribution in [2.24, 2.45) is 0 Å². The van der Waals surface area contributed by atoms with Crippen LogP contribution in [-0.4, -0.2) is 33.7 Å². The quantitative estimate of drug-likeness (QED) is 0.625. The molecule has 0 saturated carbocycles. The smallest absolute Gasteiger partial charge is 0.0953 e. The van der Waals surface area contributed by atoms with Crippen molar-refractivity contribution in [1.29, 1.82) is 0 Å². The normalized spacial score (nSPS) is 14.9. The molecule has 4 rings (SSSR count). The minimum Gasteiger partial charge on any atom is -0.373 e. The van der Waals surface area contributed by atoms with Gasteiger partial charge in [-0.3, -0.25) is 0 Å². The number of hydrogen-bond donors (Lipinski definition) is 1. The first-order chi connectivity index (χ1) is 14.7. The highest BCUT2D eigenvalue weighted by molar-refractivity contribution is 5.58. The molecule has 0 saturated heterocycles. The Labute approximate surface area is 180 Å². The second-order valence-electron chi connectivity index (χ2n) is 7.91. The molecule has 3 aromatic rings. The van der Waals surface area contributed by atoms with E-state index in [-0.39, 0.29) is 6.10 Å². The molecule has 1 aliphatic rings. The van der Waals surface area contributed by atoms with Crippen molar-refractivity contribution in [3.05, 3.63) is 95.6 Å². The van der Waals surface area contributed by atoms with Crippen LogP contribution in [0.1, 0.15) is 22.8 Å². The first kappa shape index (κ1) is 20.5. The van der Waals surface area contributed by atoms with Crippen LogP contribution in [0.15, 0.2) is 78.9 Å². The van der Waals surface area contributed by atoms with Crippen molar-refractivity contribution in [3.8, 4) is 0 Å². The minimum absolute atomic E-state index is 0.0496. The third kappa shape index (κ3) is 4.84. The molecule has 156 valence electrons. The van der Waals surface area contributed by atoms with Crippen molar-refractivity contribution >= 4 is 11.4 Å². The molecule has 1 unspecified atom stereocenters. The molecular formula is C26H31N3O. The molecule has 1 heterocycles. The lowest BCUT2D eigenvalue weighted by Crippen LogP contribution is -2.29. The lowest BCUT2D eigenvalue weighted by Gasteiger charge is -2.23. The van der Waals surface area contributed by atoms with Gasteiger partial charge in [0.1, 0.15) is 0 Å². The molecule has 30 heavy (non-hydrogen) atoms. The number of para-hydroxylation sites is 1. The van der Waals surface area contributed by atoms with E-state index >= 15 is 0 Å². The van der Waals surface area contributed by atoms with E-state index in [4.69, 9.17) is 4.74 Å². The van der Waals surface area contributed by atoms with Gasteiger partial charge in [0.2, 0.25) is 0 Å². The lowest BCUT2D eigenvalue weighted by molar-refractivity contribution is 0.0411. The Morgan fingerprint density at radius 3 is 2.40 bits per heavy atom. The van der Waals surface area contributed by atoms with E-state index in [0.29, 0.717) is 6.61 Å². The molecule has 4 heteroatoms. The van der Waals surface area contributed by atoms with Gasteiger partial charge in [-0.05, 0) is 41.9 Å². The highest BCUT2D eigenvalue weighted by Crippen LogP contribution is 2.27. The number of ether oxygens (including phenoxy) is 1. The number of anilines is 2. The van der Waals surface area contributed by atoms with E-state index in [1.165, 1.54) is 28.1 Å². The molecule has 1 aliphatic heterocycles. The predicted molar refractivity (Wildman–Crippen MR) is 125 cm³/mol. The number of fused-ring (bicyclic) bond motifs is 1. The number of benzene rings is 3. The first-order valence-corrected chi connectivity index (χ1v) is 10.7. The summed E-state index contributed by atoms with van der Waals surface area (Å²) in [7, 11) is 4.14. The van der Waals surface area contributed by atoms with Crippen LogP contribution in [0.3, 0.4) is 0 Å². The average molecular weight is 402 g/mol. The van der Waals surface area contributed by atoms with E-state index in [9.17, 15) is 0 Å². The SMILES string of the molecule is CNCC(OCc1ccc(N2CCN(C)c3ccccc3C2)cc1)c1ccccc1. The van der Waals surface area contributed by atoms with Gasteiger partial charge in [0.25, 0.3) is 0 Å². The molecule has 0 aliphatic carbocycles. The number of likely N-dealkylation sites (N-methyl/N-ethyl adjacent to an activating group) is 2. The van der Waals surface area contributed by atoms with Gasteiger partial charge in [0.05, 0.1) is 12.7 Å². The highest BCUT2D eigenvalue weighted by atomic mass is 16.5. The average Bonchev–Trinajstić information content (AvgIpc) is 2.97. The molecule has 4 nitrogen and oxygen atoms in total. The fourth-order valence-electron chi connectivity index (χ4n) is 4.04. The number of hydrogen-bond acceptors (Lipinski definition) is 4. The Bertz CT molecular complexity index is 927. The highest BCUT2D eigenvalue weighted by Gasteiger charge is 2.17. The van der Waals surface area contributed by atoms with Gasteiger partial charge in [-0.1, -0.05) is 60.7 Å². The van der Waals surface area contributed by atoms with Crippen molar-refractivity contribution in [2.75, 3.05) is 43.5 Å². The summed E-state index contributed by atoms with van der Waals surface area (Å²) in [5, 5.41) is 3.24. The van der Waals surface area contributed by atoms with E-state index in [0.717, 1.165) is 26.2 Å². The zero-order chi connectivity index (χ0) is 20.8. The summed E-state index contributed by atoms with van der Waals surface area (Å²) in [5.74, 6) is 0. The Morgan fingerprint density at radius 1 is 0.900 bits per heavy atom. The summed E-state index contributed by atoms with van der Waals surface area (Å²) in [4.78, 5) is 4.81. The van der Waals surface area contributed by atoms with E-state index in [1.807, 2.05) is 13.1 Å². The third-order valence-electron chi connectivity index (χ3n) is 5.78. The Hall–Kier alpha value is -2.82. The van der Waals surface area contributed by atoms with Crippen molar-refractivity contribution in [2.45, 2.75) is 19.3 Å². The van der Waals surface area contributed by atoms with Crippen LogP contribution in [0.25, 0.3) is 0 Å². The standard InChI is InChI=1S/C26H31N3O/c1-27-18-26(22-8-4-3-5-9-22)30-20-21-12-14-24(15-13-21)29-17-16-28(2)25-11-7-6-10-23(25)19-29/h3-15,26-27H,16-20H2,1-2H3. The van der Waals surface area contributed by atoms with Crippen LogP contribution in [0, 0.1) is 0 Å². The van der Waals surface area contributed by atoms with Crippen molar-refractivity contribution in [1.82, 2.24) is 5.32 Å². The number of rotatable bonds is 7. The van der Waals surface area contributed by atoms with Gasteiger partial charge in [0, 0.05) is 44.6 Å². The fraction of sp³-hybridized carbons (Fsp3) is 0.308. The molecule has 0 fully saturated rings. The maximum atomic E-state index is 6.24. The van der Waals surface area contributed by atoms with Crippen molar-refractivity contribution < 1.29 is 4.74 Å². The second kappa shape index (κ2) is 9.79. The Balaban J connectivity index is 1.42. The second-order valence-corrected chi connectivity index (χ2v) is 7.91. The third-order valence-corrected chi connectivity index (χ3v) is 5.78. The van der Waals surface area contributed by atoms with E-state index in [2.05, 4.69) is 95.0 Å². The van der Waals surface area contributed by atoms with Crippen LogP contribution in [0.4, 0.5) is 11.4 Å². The molecule has 0 aromatic heterocycles. The van der Waals surface area contributed by atoms with Gasteiger partial charge in [-0.2, -0.15) is 0 Å². The molecule has 0 bridgehead atoms. The van der Waals surface area contributed by atoms with Gasteiger partial charge >= 0.3 is 0 Å². The molecule has 1 atom stereocenters. The topological polar surface area (TPSA) is 27.7 Å². The van der Waals surface area contributed by atoms with Gasteiger partial charge in [0.15, 0.2) is 0 Å².